The molecule has 2 heterocycles. The molecule has 0 aromatic carbocycles. The van der Waals surface area contributed by atoms with Crippen molar-refractivity contribution in [1.29, 1.82) is 0 Å². The van der Waals surface area contributed by atoms with Crippen molar-refractivity contribution in [1.82, 2.24) is 9.88 Å². The van der Waals surface area contributed by atoms with Crippen molar-refractivity contribution in [3.05, 3.63) is 23.9 Å². The Bertz CT molecular complexity index is 419. The van der Waals surface area contributed by atoms with Gasteiger partial charge in [0, 0.05) is 26.3 Å². The van der Waals surface area contributed by atoms with E-state index in [1.165, 1.54) is 0 Å². The van der Waals surface area contributed by atoms with Gasteiger partial charge < -0.3 is 9.80 Å². The molecular weight excluding hydrogens is 206 g/mol. The standard InChI is InChI=1S/C11H13N3O2/c1-13-5-6-14(7-10(13)16)11-9(8-15)3-2-4-12-11/h2-4,8H,5-7H2,1H3. The summed E-state index contributed by atoms with van der Waals surface area (Å²) in [6, 6.07) is 3.42. The van der Waals surface area contributed by atoms with Gasteiger partial charge in [-0.3, -0.25) is 9.59 Å². The minimum absolute atomic E-state index is 0.0498. The van der Waals surface area contributed by atoms with Crippen LogP contribution in [0, 0.1) is 0 Å². The predicted molar refractivity (Wildman–Crippen MR) is 59.5 cm³/mol. The number of carbonyl (C=O) groups excluding carboxylic acids is 2. The van der Waals surface area contributed by atoms with Gasteiger partial charge in [0.15, 0.2) is 6.29 Å². The molecule has 1 saturated heterocycles. The summed E-state index contributed by atoms with van der Waals surface area (Å²) in [4.78, 5) is 30.1. The highest BCUT2D eigenvalue weighted by Crippen LogP contribution is 2.17. The second-order valence-corrected chi connectivity index (χ2v) is 3.77. The first-order chi connectivity index (χ1) is 7.72. The van der Waals surface area contributed by atoms with Gasteiger partial charge in [-0.1, -0.05) is 0 Å². The van der Waals surface area contributed by atoms with Gasteiger partial charge in [0.25, 0.3) is 0 Å². The lowest BCUT2D eigenvalue weighted by Crippen LogP contribution is -2.49. The minimum atomic E-state index is 0.0498. The van der Waals surface area contributed by atoms with E-state index < -0.39 is 0 Å². The first-order valence-corrected chi connectivity index (χ1v) is 5.11. The number of hydrogen-bond acceptors (Lipinski definition) is 4. The topological polar surface area (TPSA) is 53.5 Å². The lowest BCUT2D eigenvalue weighted by Gasteiger charge is -2.33. The van der Waals surface area contributed by atoms with Crippen molar-refractivity contribution in [2.45, 2.75) is 0 Å². The second kappa shape index (κ2) is 4.30. The summed E-state index contributed by atoms with van der Waals surface area (Å²) in [6.07, 6.45) is 2.40. The molecule has 16 heavy (non-hydrogen) atoms. The number of pyridine rings is 1. The van der Waals surface area contributed by atoms with Gasteiger partial charge in [0.1, 0.15) is 5.82 Å². The zero-order chi connectivity index (χ0) is 11.5. The van der Waals surface area contributed by atoms with Crippen molar-refractivity contribution in [3.8, 4) is 0 Å². The molecule has 0 bridgehead atoms. The van der Waals surface area contributed by atoms with E-state index in [0.717, 1.165) is 6.29 Å². The third-order valence-corrected chi connectivity index (χ3v) is 2.70. The number of aldehydes is 1. The Morgan fingerprint density at radius 3 is 2.94 bits per heavy atom. The minimum Gasteiger partial charge on any atom is -0.345 e. The Morgan fingerprint density at radius 2 is 2.25 bits per heavy atom. The molecule has 5 heteroatoms. The van der Waals surface area contributed by atoms with Crippen LogP contribution in [-0.4, -0.2) is 48.8 Å². The molecule has 1 aromatic heterocycles. The second-order valence-electron chi connectivity index (χ2n) is 3.77. The van der Waals surface area contributed by atoms with E-state index in [1.807, 2.05) is 4.90 Å². The predicted octanol–water partition coefficient (Wildman–Crippen LogP) is 0.172. The van der Waals surface area contributed by atoms with E-state index in [9.17, 15) is 9.59 Å². The molecular formula is C11H13N3O2. The van der Waals surface area contributed by atoms with Crippen molar-refractivity contribution in [3.63, 3.8) is 0 Å². The fraction of sp³-hybridized carbons (Fsp3) is 0.364. The lowest BCUT2D eigenvalue weighted by molar-refractivity contribution is -0.129. The number of aromatic nitrogens is 1. The molecule has 84 valence electrons. The number of amides is 1. The maximum absolute atomic E-state index is 11.5. The van der Waals surface area contributed by atoms with E-state index in [-0.39, 0.29) is 12.5 Å². The molecule has 0 spiro atoms. The lowest BCUT2D eigenvalue weighted by atomic mass is 10.2. The van der Waals surface area contributed by atoms with Gasteiger partial charge in [-0.25, -0.2) is 4.98 Å². The molecule has 1 aromatic rings. The largest absolute Gasteiger partial charge is 0.345 e. The molecule has 1 aliphatic heterocycles. The van der Waals surface area contributed by atoms with Crippen molar-refractivity contribution < 1.29 is 9.59 Å². The highest BCUT2D eigenvalue weighted by atomic mass is 16.2. The van der Waals surface area contributed by atoms with Gasteiger partial charge in [0.2, 0.25) is 5.91 Å². The van der Waals surface area contributed by atoms with Gasteiger partial charge in [-0.05, 0) is 12.1 Å². The number of piperazine rings is 1. The van der Waals surface area contributed by atoms with Crippen LogP contribution in [-0.2, 0) is 4.79 Å². The maximum Gasteiger partial charge on any atom is 0.241 e. The average Bonchev–Trinajstić information content (AvgIpc) is 2.32. The zero-order valence-corrected chi connectivity index (χ0v) is 9.09. The van der Waals surface area contributed by atoms with Crippen LogP contribution in [0.2, 0.25) is 0 Å². The van der Waals surface area contributed by atoms with Crippen LogP contribution in [0.3, 0.4) is 0 Å². The molecule has 0 atom stereocenters. The smallest absolute Gasteiger partial charge is 0.241 e. The monoisotopic (exact) mass is 219 g/mol. The fourth-order valence-corrected chi connectivity index (χ4v) is 1.70. The van der Waals surface area contributed by atoms with E-state index >= 15 is 0 Å². The summed E-state index contributed by atoms with van der Waals surface area (Å²) in [7, 11) is 1.78. The third-order valence-electron chi connectivity index (χ3n) is 2.70. The Labute approximate surface area is 93.7 Å². The first-order valence-electron chi connectivity index (χ1n) is 5.11. The molecule has 0 aliphatic carbocycles. The summed E-state index contributed by atoms with van der Waals surface area (Å²) >= 11 is 0. The highest BCUT2D eigenvalue weighted by Gasteiger charge is 2.23. The summed E-state index contributed by atoms with van der Waals surface area (Å²) in [5.41, 5.74) is 0.528. The summed E-state index contributed by atoms with van der Waals surface area (Å²) < 4.78 is 0. The number of likely N-dealkylation sites (N-methyl/N-ethyl adjacent to an activating group) is 1. The van der Waals surface area contributed by atoms with Crippen LogP contribution in [0.5, 0.6) is 0 Å². The van der Waals surface area contributed by atoms with E-state index in [0.29, 0.717) is 24.5 Å². The maximum atomic E-state index is 11.5. The molecule has 1 amide bonds. The molecule has 5 nitrogen and oxygen atoms in total. The van der Waals surface area contributed by atoms with Crippen molar-refractivity contribution >= 4 is 18.0 Å². The Balaban J connectivity index is 2.24. The Kier molecular flexibility index (Phi) is 2.85. The van der Waals surface area contributed by atoms with Crippen molar-refractivity contribution in [2.75, 3.05) is 31.6 Å². The molecule has 2 rings (SSSR count). The fourth-order valence-electron chi connectivity index (χ4n) is 1.70. The number of hydrogen-bond donors (Lipinski definition) is 0. The SMILES string of the molecule is CN1CCN(c2ncccc2C=O)CC1=O. The number of nitrogens with zero attached hydrogens (tertiary/aromatic N) is 3. The molecule has 0 N–H and O–H groups in total. The summed E-state index contributed by atoms with van der Waals surface area (Å²) in [6.45, 7) is 1.65. The van der Waals surface area contributed by atoms with Gasteiger partial charge in [0.05, 0.1) is 12.1 Å². The Hall–Kier alpha value is -1.91. The quantitative estimate of drug-likeness (QED) is 0.665. The van der Waals surface area contributed by atoms with Crippen LogP contribution < -0.4 is 4.90 Å². The van der Waals surface area contributed by atoms with Crippen LogP contribution in [0.15, 0.2) is 18.3 Å². The average molecular weight is 219 g/mol. The van der Waals surface area contributed by atoms with Gasteiger partial charge >= 0.3 is 0 Å². The van der Waals surface area contributed by atoms with Crippen LogP contribution >= 0.6 is 0 Å². The third kappa shape index (κ3) is 1.88. The van der Waals surface area contributed by atoms with Crippen LogP contribution in [0.4, 0.5) is 5.82 Å². The zero-order valence-electron chi connectivity index (χ0n) is 9.09. The van der Waals surface area contributed by atoms with Gasteiger partial charge in [-0.2, -0.15) is 0 Å². The summed E-state index contributed by atoms with van der Waals surface area (Å²) in [5.74, 6) is 0.646. The van der Waals surface area contributed by atoms with Gasteiger partial charge in [-0.15, -0.1) is 0 Å². The van der Waals surface area contributed by atoms with E-state index in [2.05, 4.69) is 4.98 Å². The number of rotatable bonds is 2. The van der Waals surface area contributed by atoms with E-state index in [4.69, 9.17) is 0 Å². The van der Waals surface area contributed by atoms with Crippen molar-refractivity contribution in [2.24, 2.45) is 0 Å². The molecule has 0 radical (unpaired) electrons. The van der Waals surface area contributed by atoms with Crippen LogP contribution in [0.1, 0.15) is 10.4 Å². The number of carbonyl (C=O) groups is 2. The summed E-state index contributed by atoms with van der Waals surface area (Å²) in [5, 5.41) is 0. The number of anilines is 1. The molecule has 1 aliphatic rings. The Morgan fingerprint density at radius 1 is 1.44 bits per heavy atom. The first kappa shape index (κ1) is 10.6. The normalized spacial score (nSPS) is 16.4. The molecule has 1 fully saturated rings. The highest BCUT2D eigenvalue weighted by molar-refractivity contribution is 5.87. The van der Waals surface area contributed by atoms with Crippen LogP contribution in [0.25, 0.3) is 0 Å². The van der Waals surface area contributed by atoms with E-state index in [1.54, 1.807) is 30.3 Å². The molecule has 0 unspecified atom stereocenters. The molecule has 0 saturated carbocycles.